The van der Waals surface area contributed by atoms with Crippen LogP contribution in [0.15, 0.2) is 30.5 Å². The van der Waals surface area contributed by atoms with Crippen LogP contribution >= 0.6 is 0 Å². The largest absolute Gasteiger partial charge is 0.370 e. The number of pyridine rings is 1. The van der Waals surface area contributed by atoms with E-state index < -0.39 is 0 Å². The predicted molar refractivity (Wildman–Crippen MR) is 97.5 cm³/mol. The first-order valence-electron chi connectivity index (χ1n) is 8.62. The van der Waals surface area contributed by atoms with Gasteiger partial charge in [0, 0.05) is 49.9 Å². The van der Waals surface area contributed by atoms with Gasteiger partial charge in [-0.15, -0.1) is 0 Å². The molecule has 0 aliphatic heterocycles. The summed E-state index contributed by atoms with van der Waals surface area (Å²) in [7, 11) is 4.13. The lowest BCUT2D eigenvalue weighted by Crippen LogP contribution is -2.22. The van der Waals surface area contributed by atoms with E-state index in [1.807, 2.05) is 24.4 Å². The van der Waals surface area contributed by atoms with Crippen molar-refractivity contribution in [1.82, 2.24) is 19.9 Å². The van der Waals surface area contributed by atoms with Crippen LogP contribution in [0.2, 0.25) is 0 Å². The smallest absolute Gasteiger partial charge is 0.224 e. The highest BCUT2D eigenvalue weighted by atomic mass is 15.2. The Morgan fingerprint density at radius 1 is 1.12 bits per heavy atom. The van der Waals surface area contributed by atoms with Crippen LogP contribution in [0.4, 0.5) is 11.8 Å². The number of hydrogen-bond donors (Lipinski definition) is 2. The maximum atomic E-state index is 4.67. The molecule has 2 N–H and O–H groups in total. The standard InChI is InChI=1S/C18H26N6/c1-24(2)12-11-21-18-22-16(14-6-7-14)13-17(23-18)20-10-8-15-5-3-4-9-19-15/h3-5,9,13-14H,6-8,10-12H2,1-2H3,(H2,20,21,22,23). The summed E-state index contributed by atoms with van der Waals surface area (Å²) >= 11 is 0. The zero-order valence-corrected chi connectivity index (χ0v) is 14.5. The number of anilines is 2. The van der Waals surface area contributed by atoms with Gasteiger partial charge >= 0.3 is 0 Å². The lowest BCUT2D eigenvalue weighted by molar-refractivity contribution is 0.425. The van der Waals surface area contributed by atoms with Gasteiger partial charge in [0.05, 0.1) is 5.69 Å². The third kappa shape index (κ3) is 5.16. The fourth-order valence-corrected chi connectivity index (χ4v) is 2.48. The summed E-state index contributed by atoms with van der Waals surface area (Å²) in [6.45, 7) is 2.61. The molecule has 0 bridgehead atoms. The first-order valence-corrected chi connectivity index (χ1v) is 8.62. The molecule has 128 valence electrons. The van der Waals surface area contributed by atoms with Crippen molar-refractivity contribution in [1.29, 1.82) is 0 Å². The summed E-state index contributed by atoms with van der Waals surface area (Å²) in [6, 6.07) is 8.10. The van der Waals surface area contributed by atoms with Crippen LogP contribution in [0.25, 0.3) is 0 Å². The number of likely N-dealkylation sites (N-methyl/N-ethyl adjacent to an activating group) is 1. The first kappa shape index (κ1) is 16.6. The average Bonchev–Trinajstić information content (AvgIpc) is 3.40. The van der Waals surface area contributed by atoms with Crippen LogP contribution in [-0.4, -0.2) is 53.6 Å². The van der Waals surface area contributed by atoms with Crippen molar-refractivity contribution < 1.29 is 0 Å². The highest BCUT2D eigenvalue weighted by Crippen LogP contribution is 2.39. The van der Waals surface area contributed by atoms with Crippen molar-refractivity contribution in [2.45, 2.75) is 25.2 Å². The fourth-order valence-electron chi connectivity index (χ4n) is 2.48. The number of nitrogens with one attached hydrogen (secondary N) is 2. The van der Waals surface area contributed by atoms with E-state index in [-0.39, 0.29) is 0 Å². The molecule has 0 atom stereocenters. The van der Waals surface area contributed by atoms with Crippen LogP contribution < -0.4 is 10.6 Å². The zero-order chi connectivity index (χ0) is 16.8. The minimum Gasteiger partial charge on any atom is -0.370 e. The van der Waals surface area contributed by atoms with Gasteiger partial charge in [-0.2, -0.15) is 4.98 Å². The molecule has 0 saturated heterocycles. The van der Waals surface area contributed by atoms with Gasteiger partial charge < -0.3 is 15.5 Å². The molecule has 6 heteroatoms. The van der Waals surface area contributed by atoms with Crippen molar-refractivity contribution in [3.8, 4) is 0 Å². The number of hydrogen-bond acceptors (Lipinski definition) is 6. The van der Waals surface area contributed by atoms with E-state index >= 15 is 0 Å². The molecule has 2 aromatic rings. The number of nitrogens with zero attached hydrogens (tertiary/aromatic N) is 4. The molecule has 0 radical (unpaired) electrons. The monoisotopic (exact) mass is 326 g/mol. The molecule has 0 unspecified atom stereocenters. The molecule has 1 saturated carbocycles. The Kier molecular flexibility index (Phi) is 5.59. The molecular formula is C18H26N6. The van der Waals surface area contributed by atoms with Gasteiger partial charge in [0.25, 0.3) is 0 Å². The van der Waals surface area contributed by atoms with Crippen LogP contribution in [-0.2, 0) is 6.42 Å². The third-order valence-corrected chi connectivity index (χ3v) is 4.00. The molecule has 24 heavy (non-hydrogen) atoms. The van der Waals surface area contributed by atoms with Gasteiger partial charge in [-0.05, 0) is 39.1 Å². The van der Waals surface area contributed by atoms with Gasteiger partial charge in [0.2, 0.25) is 5.95 Å². The van der Waals surface area contributed by atoms with E-state index in [2.05, 4.69) is 50.6 Å². The van der Waals surface area contributed by atoms with E-state index in [1.165, 1.54) is 12.8 Å². The lowest BCUT2D eigenvalue weighted by atomic mass is 10.2. The van der Waals surface area contributed by atoms with E-state index in [9.17, 15) is 0 Å². The Morgan fingerprint density at radius 2 is 2.00 bits per heavy atom. The molecule has 2 heterocycles. The predicted octanol–water partition coefficient (Wildman–Crippen LogP) is 2.38. The van der Waals surface area contributed by atoms with Crippen molar-refractivity contribution in [3.05, 3.63) is 41.9 Å². The van der Waals surface area contributed by atoms with Crippen molar-refractivity contribution in [2.24, 2.45) is 0 Å². The second-order valence-corrected chi connectivity index (χ2v) is 6.50. The molecule has 1 fully saturated rings. The number of rotatable bonds is 9. The fraction of sp³-hybridized carbons (Fsp3) is 0.500. The summed E-state index contributed by atoms with van der Waals surface area (Å²) in [5, 5.41) is 6.75. The Bertz CT molecular complexity index is 639. The molecule has 0 spiro atoms. The van der Waals surface area contributed by atoms with E-state index in [0.29, 0.717) is 5.92 Å². The summed E-state index contributed by atoms with van der Waals surface area (Å²) in [5.41, 5.74) is 2.24. The summed E-state index contributed by atoms with van der Waals surface area (Å²) in [6.07, 6.45) is 5.19. The Balaban J connectivity index is 1.59. The van der Waals surface area contributed by atoms with Crippen LogP contribution in [0, 0.1) is 0 Å². The summed E-state index contributed by atoms with van der Waals surface area (Å²) in [5.74, 6) is 2.23. The summed E-state index contributed by atoms with van der Waals surface area (Å²) in [4.78, 5) is 15.8. The normalized spacial score (nSPS) is 14.0. The van der Waals surface area contributed by atoms with Crippen molar-refractivity contribution in [3.63, 3.8) is 0 Å². The van der Waals surface area contributed by atoms with E-state index in [0.717, 1.165) is 49.2 Å². The molecular weight excluding hydrogens is 300 g/mol. The minimum absolute atomic E-state index is 0.610. The Labute approximate surface area is 143 Å². The minimum atomic E-state index is 0.610. The lowest BCUT2D eigenvalue weighted by Gasteiger charge is -2.13. The third-order valence-electron chi connectivity index (χ3n) is 4.00. The molecule has 1 aliphatic carbocycles. The average molecular weight is 326 g/mol. The molecule has 0 aromatic carbocycles. The quantitative estimate of drug-likeness (QED) is 0.737. The topological polar surface area (TPSA) is 66.0 Å². The molecule has 2 aromatic heterocycles. The molecule has 1 aliphatic rings. The summed E-state index contributed by atoms with van der Waals surface area (Å²) < 4.78 is 0. The highest BCUT2D eigenvalue weighted by molar-refractivity contribution is 5.44. The molecule has 3 rings (SSSR count). The van der Waals surface area contributed by atoms with E-state index in [4.69, 9.17) is 0 Å². The second kappa shape index (κ2) is 8.06. The van der Waals surface area contributed by atoms with Gasteiger partial charge in [-0.25, -0.2) is 4.98 Å². The molecule has 6 nitrogen and oxygen atoms in total. The highest BCUT2D eigenvalue weighted by Gasteiger charge is 2.26. The first-order chi connectivity index (χ1) is 11.7. The Morgan fingerprint density at radius 3 is 2.71 bits per heavy atom. The van der Waals surface area contributed by atoms with Gasteiger partial charge in [0.15, 0.2) is 0 Å². The second-order valence-electron chi connectivity index (χ2n) is 6.50. The SMILES string of the molecule is CN(C)CCNc1nc(NCCc2ccccn2)cc(C2CC2)n1. The van der Waals surface area contributed by atoms with Crippen LogP contribution in [0.1, 0.15) is 30.1 Å². The zero-order valence-electron chi connectivity index (χ0n) is 14.5. The maximum absolute atomic E-state index is 4.67. The van der Waals surface area contributed by atoms with Gasteiger partial charge in [0.1, 0.15) is 5.82 Å². The van der Waals surface area contributed by atoms with Crippen LogP contribution in [0.3, 0.4) is 0 Å². The van der Waals surface area contributed by atoms with Crippen molar-refractivity contribution in [2.75, 3.05) is 44.4 Å². The maximum Gasteiger partial charge on any atom is 0.224 e. The molecule has 0 amide bonds. The van der Waals surface area contributed by atoms with Crippen molar-refractivity contribution >= 4 is 11.8 Å². The van der Waals surface area contributed by atoms with Gasteiger partial charge in [-0.3, -0.25) is 4.98 Å². The Hall–Kier alpha value is -2.21. The number of aromatic nitrogens is 3. The van der Waals surface area contributed by atoms with Crippen LogP contribution in [0.5, 0.6) is 0 Å². The van der Waals surface area contributed by atoms with Gasteiger partial charge in [-0.1, -0.05) is 6.07 Å². The van der Waals surface area contributed by atoms with E-state index in [1.54, 1.807) is 0 Å².